The third-order valence-electron chi connectivity index (χ3n) is 3.83. The zero-order valence-electron chi connectivity index (χ0n) is 15.5. The van der Waals surface area contributed by atoms with Crippen molar-refractivity contribution < 1.29 is 9.18 Å². The number of carbonyl (C=O) groups excluding carboxylic acids is 1. The number of halogens is 1. The van der Waals surface area contributed by atoms with Gasteiger partial charge in [-0.05, 0) is 35.2 Å². The monoisotopic (exact) mass is 433 g/mol. The minimum absolute atomic E-state index is 0.201. The summed E-state index contributed by atoms with van der Waals surface area (Å²) in [6.07, 6.45) is 0. The van der Waals surface area contributed by atoms with Gasteiger partial charge in [0.25, 0.3) is 0 Å². The summed E-state index contributed by atoms with van der Waals surface area (Å²) < 4.78 is 14.8. The lowest BCUT2D eigenvalue weighted by molar-refractivity contribution is -0.113. The first-order valence-electron chi connectivity index (χ1n) is 8.73. The SMILES string of the molecule is CC(C)c1ccc(CSc2nnc(SCC(=O)Nc3cccc(F)c3)s2)cc1. The Balaban J connectivity index is 1.45. The molecule has 0 atom stereocenters. The lowest BCUT2D eigenvalue weighted by Crippen LogP contribution is -2.13. The summed E-state index contributed by atoms with van der Waals surface area (Å²) in [6.45, 7) is 4.37. The van der Waals surface area contributed by atoms with E-state index in [0.717, 1.165) is 14.4 Å². The highest BCUT2D eigenvalue weighted by Crippen LogP contribution is 2.31. The highest BCUT2D eigenvalue weighted by Gasteiger charge is 2.10. The molecule has 8 heteroatoms. The molecule has 4 nitrogen and oxygen atoms in total. The topological polar surface area (TPSA) is 54.9 Å². The van der Waals surface area contributed by atoms with Gasteiger partial charge in [-0.25, -0.2) is 4.39 Å². The van der Waals surface area contributed by atoms with E-state index in [-0.39, 0.29) is 17.5 Å². The second-order valence-electron chi connectivity index (χ2n) is 6.37. The van der Waals surface area contributed by atoms with Gasteiger partial charge in [0.1, 0.15) is 5.82 Å². The average molecular weight is 434 g/mol. The fourth-order valence-electron chi connectivity index (χ4n) is 2.35. The molecule has 0 saturated carbocycles. The van der Waals surface area contributed by atoms with Gasteiger partial charge >= 0.3 is 0 Å². The van der Waals surface area contributed by atoms with Crippen molar-refractivity contribution in [3.05, 3.63) is 65.5 Å². The molecular formula is C20H20FN3OS3. The predicted octanol–water partition coefficient (Wildman–Crippen LogP) is 5.82. The molecule has 0 radical (unpaired) electrons. The van der Waals surface area contributed by atoms with E-state index in [2.05, 4.69) is 53.6 Å². The van der Waals surface area contributed by atoms with Gasteiger partial charge in [-0.2, -0.15) is 0 Å². The standard InChI is InChI=1S/C20H20FN3OS3/c1-13(2)15-8-6-14(7-9-15)11-26-19-23-24-20(28-19)27-12-18(25)22-17-5-3-4-16(21)10-17/h3-10,13H,11-12H2,1-2H3,(H,22,25). The molecule has 146 valence electrons. The van der Waals surface area contributed by atoms with Crippen LogP contribution in [0, 0.1) is 5.82 Å². The van der Waals surface area contributed by atoms with Gasteiger partial charge in [0.2, 0.25) is 5.91 Å². The summed E-state index contributed by atoms with van der Waals surface area (Å²) in [5, 5.41) is 11.0. The predicted molar refractivity (Wildman–Crippen MR) is 116 cm³/mol. The van der Waals surface area contributed by atoms with Gasteiger partial charge in [-0.3, -0.25) is 4.79 Å². The number of thioether (sulfide) groups is 2. The van der Waals surface area contributed by atoms with E-state index in [1.165, 1.54) is 46.4 Å². The van der Waals surface area contributed by atoms with Crippen molar-refractivity contribution in [1.29, 1.82) is 0 Å². The number of aromatic nitrogens is 2. The lowest BCUT2D eigenvalue weighted by Gasteiger charge is -2.06. The van der Waals surface area contributed by atoms with E-state index in [1.54, 1.807) is 23.9 Å². The summed E-state index contributed by atoms with van der Waals surface area (Å²) in [5.41, 5.74) is 3.02. The highest BCUT2D eigenvalue weighted by atomic mass is 32.2. The number of hydrogen-bond donors (Lipinski definition) is 1. The largest absolute Gasteiger partial charge is 0.325 e. The van der Waals surface area contributed by atoms with Crippen LogP contribution in [0.3, 0.4) is 0 Å². The number of anilines is 1. The summed E-state index contributed by atoms with van der Waals surface area (Å²) in [6, 6.07) is 14.5. The number of nitrogens with one attached hydrogen (secondary N) is 1. The summed E-state index contributed by atoms with van der Waals surface area (Å²) in [4.78, 5) is 12.0. The van der Waals surface area contributed by atoms with Crippen molar-refractivity contribution >= 4 is 46.5 Å². The molecule has 0 unspecified atom stereocenters. The van der Waals surface area contributed by atoms with E-state index >= 15 is 0 Å². The normalized spacial score (nSPS) is 11.0. The molecule has 1 aromatic heterocycles. The molecule has 1 N–H and O–H groups in total. The van der Waals surface area contributed by atoms with Gasteiger partial charge in [0.05, 0.1) is 5.75 Å². The van der Waals surface area contributed by atoms with Crippen molar-refractivity contribution in [1.82, 2.24) is 10.2 Å². The van der Waals surface area contributed by atoms with Crippen LogP contribution in [0.25, 0.3) is 0 Å². The number of rotatable bonds is 8. The molecule has 0 spiro atoms. The number of carbonyl (C=O) groups is 1. The summed E-state index contributed by atoms with van der Waals surface area (Å²) >= 11 is 4.44. The van der Waals surface area contributed by atoms with Crippen LogP contribution in [0.15, 0.2) is 57.2 Å². The highest BCUT2D eigenvalue weighted by molar-refractivity contribution is 8.03. The van der Waals surface area contributed by atoms with Crippen LogP contribution in [0.4, 0.5) is 10.1 Å². The Morgan fingerprint density at radius 3 is 2.50 bits per heavy atom. The Labute approximate surface area is 176 Å². The molecule has 2 aromatic carbocycles. The Bertz CT molecular complexity index is 928. The van der Waals surface area contributed by atoms with E-state index < -0.39 is 0 Å². The van der Waals surface area contributed by atoms with Crippen molar-refractivity contribution in [2.45, 2.75) is 34.2 Å². The number of nitrogens with zero attached hydrogens (tertiary/aromatic N) is 2. The third-order valence-corrected chi connectivity index (χ3v) is 7.09. The minimum Gasteiger partial charge on any atom is -0.325 e. The van der Waals surface area contributed by atoms with Crippen LogP contribution < -0.4 is 5.32 Å². The molecule has 28 heavy (non-hydrogen) atoms. The van der Waals surface area contributed by atoms with Crippen molar-refractivity contribution in [2.75, 3.05) is 11.1 Å². The van der Waals surface area contributed by atoms with Crippen molar-refractivity contribution in [3.63, 3.8) is 0 Å². The van der Waals surface area contributed by atoms with Crippen LogP contribution in [-0.4, -0.2) is 21.9 Å². The number of benzene rings is 2. The van der Waals surface area contributed by atoms with E-state index in [4.69, 9.17) is 0 Å². The second-order valence-corrected chi connectivity index (χ2v) is 9.79. The Morgan fingerprint density at radius 1 is 1.11 bits per heavy atom. The molecule has 0 aliphatic heterocycles. The van der Waals surface area contributed by atoms with Gasteiger partial charge in [0, 0.05) is 11.4 Å². The van der Waals surface area contributed by atoms with Gasteiger partial charge in [-0.15, -0.1) is 10.2 Å². The molecule has 3 rings (SSSR count). The fourth-order valence-corrected chi connectivity index (χ4v) is 5.12. The smallest absolute Gasteiger partial charge is 0.234 e. The van der Waals surface area contributed by atoms with Crippen LogP contribution >= 0.6 is 34.9 Å². The first kappa shape index (κ1) is 20.8. The molecule has 3 aromatic rings. The maximum atomic E-state index is 13.1. The lowest BCUT2D eigenvalue weighted by atomic mass is 10.0. The summed E-state index contributed by atoms with van der Waals surface area (Å²) in [5.74, 6) is 0.979. The molecule has 1 amide bonds. The molecule has 0 aliphatic carbocycles. The van der Waals surface area contributed by atoms with Crippen LogP contribution in [-0.2, 0) is 10.5 Å². The molecule has 0 fully saturated rings. The quantitative estimate of drug-likeness (QED) is 0.453. The second kappa shape index (κ2) is 10.0. The maximum Gasteiger partial charge on any atom is 0.234 e. The average Bonchev–Trinajstić information content (AvgIpc) is 3.13. The van der Waals surface area contributed by atoms with Crippen LogP contribution in [0.2, 0.25) is 0 Å². The molecule has 0 saturated heterocycles. The van der Waals surface area contributed by atoms with Gasteiger partial charge < -0.3 is 5.32 Å². The Hall–Kier alpha value is -1.90. The zero-order chi connectivity index (χ0) is 19.9. The molecular weight excluding hydrogens is 413 g/mol. The maximum absolute atomic E-state index is 13.1. The van der Waals surface area contributed by atoms with Gasteiger partial charge in [0.15, 0.2) is 8.68 Å². The minimum atomic E-state index is -0.380. The van der Waals surface area contributed by atoms with Crippen molar-refractivity contribution in [2.24, 2.45) is 0 Å². The Kier molecular flexibility index (Phi) is 7.47. The van der Waals surface area contributed by atoms with Crippen molar-refractivity contribution in [3.8, 4) is 0 Å². The zero-order valence-corrected chi connectivity index (χ0v) is 18.0. The molecule has 0 bridgehead atoms. The van der Waals surface area contributed by atoms with E-state index in [0.29, 0.717) is 11.6 Å². The van der Waals surface area contributed by atoms with Crippen LogP contribution in [0.1, 0.15) is 30.9 Å². The number of amides is 1. The molecule has 0 aliphatic rings. The van der Waals surface area contributed by atoms with E-state index in [1.807, 2.05) is 0 Å². The van der Waals surface area contributed by atoms with Gasteiger partial charge in [-0.1, -0.05) is 79.0 Å². The van der Waals surface area contributed by atoms with Crippen LogP contribution in [0.5, 0.6) is 0 Å². The Morgan fingerprint density at radius 2 is 1.82 bits per heavy atom. The third kappa shape index (κ3) is 6.32. The first-order chi connectivity index (χ1) is 13.5. The summed E-state index contributed by atoms with van der Waals surface area (Å²) in [7, 11) is 0. The fraction of sp³-hybridized carbons (Fsp3) is 0.250. The van der Waals surface area contributed by atoms with E-state index in [9.17, 15) is 9.18 Å². The number of hydrogen-bond acceptors (Lipinski definition) is 6. The molecule has 1 heterocycles. The first-order valence-corrected chi connectivity index (χ1v) is 11.5.